The molecule has 0 saturated carbocycles. The molecule has 26 heavy (non-hydrogen) atoms. The summed E-state index contributed by atoms with van der Waals surface area (Å²) in [6, 6.07) is 5.46. The van der Waals surface area contributed by atoms with Crippen molar-refractivity contribution in [3.05, 3.63) is 33.5 Å². The number of nitrogens with zero attached hydrogens (tertiary/aromatic N) is 1. The number of methoxy groups -OCH3 is 1. The lowest BCUT2D eigenvalue weighted by Crippen LogP contribution is -2.57. The fourth-order valence-electron chi connectivity index (χ4n) is 2.89. The van der Waals surface area contributed by atoms with Gasteiger partial charge in [0.15, 0.2) is 6.29 Å². The zero-order valence-electron chi connectivity index (χ0n) is 14.8. The lowest BCUT2D eigenvalue weighted by molar-refractivity contribution is 0.0302. The number of nitrogens with one attached hydrogen (secondary N) is 4. The molecule has 8 nitrogen and oxygen atoms in total. The fourth-order valence-corrected chi connectivity index (χ4v) is 3.56. The zero-order valence-corrected chi connectivity index (χ0v) is 17.0. The van der Waals surface area contributed by atoms with E-state index in [1.165, 1.54) is 0 Å². The van der Waals surface area contributed by atoms with E-state index in [-0.39, 0.29) is 18.4 Å². The van der Waals surface area contributed by atoms with Gasteiger partial charge in [-0.05, 0) is 47.8 Å². The van der Waals surface area contributed by atoms with Crippen molar-refractivity contribution in [3.63, 3.8) is 0 Å². The first kappa shape index (κ1) is 19.2. The van der Waals surface area contributed by atoms with Crippen LogP contribution in [0.1, 0.15) is 10.4 Å². The highest BCUT2D eigenvalue weighted by atomic mass is 127. The molecule has 2 unspecified atom stereocenters. The van der Waals surface area contributed by atoms with E-state index in [9.17, 15) is 4.79 Å². The molecule has 1 amide bonds. The number of morpholine rings is 1. The van der Waals surface area contributed by atoms with Crippen molar-refractivity contribution in [1.82, 2.24) is 20.9 Å². The first-order valence-electron chi connectivity index (χ1n) is 8.49. The number of carbonyl (C=O) groups excluding carboxylic acids is 1. The summed E-state index contributed by atoms with van der Waals surface area (Å²) < 4.78 is 11.9. The van der Waals surface area contributed by atoms with Gasteiger partial charge < -0.3 is 30.3 Å². The van der Waals surface area contributed by atoms with Crippen LogP contribution in [0.5, 0.6) is 5.75 Å². The Labute approximate surface area is 166 Å². The van der Waals surface area contributed by atoms with Gasteiger partial charge in [0.25, 0.3) is 5.91 Å². The summed E-state index contributed by atoms with van der Waals surface area (Å²) in [7, 11) is 3.50. The number of halogens is 1. The maximum Gasteiger partial charge on any atom is 0.254 e. The van der Waals surface area contributed by atoms with Crippen LogP contribution in [0.25, 0.3) is 0 Å². The van der Waals surface area contributed by atoms with E-state index >= 15 is 0 Å². The molecule has 0 bridgehead atoms. The topological polar surface area (TPSA) is 86.9 Å². The maximum absolute atomic E-state index is 12.6. The van der Waals surface area contributed by atoms with Gasteiger partial charge in [0, 0.05) is 28.4 Å². The number of likely N-dealkylation sites (N-methyl/N-ethyl adjacent to an activating group) is 1. The van der Waals surface area contributed by atoms with Crippen molar-refractivity contribution in [1.29, 1.82) is 0 Å². The zero-order chi connectivity index (χ0) is 18.5. The molecule has 2 aliphatic rings. The van der Waals surface area contributed by atoms with Crippen molar-refractivity contribution in [2.75, 3.05) is 45.8 Å². The van der Waals surface area contributed by atoms with Crippen LogP contribution in [0.2, 0.25) is 0 Å². The largest absolute Gasteiger partial charge is 0.495 e. The van der Waals surface area contributed by atoms with E-state index in [1.807, 2.05) is 25.4 Å². The summed E-state index contributed by atoms with van der Waals surface area (Å²) >= 11 is 2.28. The minimum absolute atomic E-state index is 0.000185. The van der Waals surface area contributed by atoms with Crippen molar-refractivity contribution in [2.45, 2.75) is 12.5 Å². The Balaban J connectivity index is 1.72. The smallest absolute Gasteiger partial charge is 0.254 e. The first-order valence-corrected chi connectivity index (χ1v) is 9.57. The summed E-state index contributed by atoms with van der Waals surface area (Å²) in [4.78, 5) is 14.4. The minimum atomic E-state index is -0.166. The second-order valence-corrected chi connectivity index (χ2v) is 7.23. The maximum atomic E-state index is 12.6. The molecule has 0 aliphatic carbocycles. The molecule has 0 radical (unpaired) electrons. The van der Waals surface area contributed by atoms with Crippen LogP contribution in [0, 0.1) is 0 Å². The minimum Gasteiger partial charge on any atom is -0.495 e. The molecule has 4 N–H and O–H groups in total. The standard InChI is InChI=1S/C17H24IN5O3/c1-19-15-12(18)10-20-17(22-15)21-13-4-3-11(9-14(13)25-2)16(24)23-5-7-26-8-6-23/h3-4,9-10,15,17,19-22H,5-8H2,1-2H3. The highest BCUT2D eigenvalue weighted by Crippen LogP contribution is 2.27. The molecule has 2 atom stereocenters. The van der Waals surface area contributed by atoms with E-state index in [0.717, 1.165) is 9.27 Å². The first-order chi connectivity index (χ1) is 12.6. The van der Waals surface area contributed by atoms with Crippen LogP contribution in [0.15, 0.2) is 28.0 Å². The van der Waals surface area contributed by atoms with Gasteiger partial charge in [-0.25, -0.2) is 0 Å². The Bertz CT molecular complexity index is 678. The molecule has 1 aromatic carbocycles. The second-order valence-electron chi connectivity index (χ2n) is 5.98. The van der Waals surface area contributed by atoms with Gasteiger partial charge in [-0.2, -0.15) is 0 Å². The predicted molar refractivity (Wildman–Crippen MR) is 108 cm³/mol. The summed E-state index contributed by atoms with van der Waals surface area (Å²) in [6.45, 7) is 2.40. The van der Waals surface area contributed by atoms with Gasteiger partial charge in [0.1, 0.15) is 5.75 Å². The van der Waals surface area contributed by atoms with E-state index in [1.54, 1.807) is 18.1 Å². The number of carbonyl (C=O) groups is 1. The Morgan fingerprint density at radius 2 is 2.15 bits per heavy atom. The number of rotatable bonds is 5. The van der Waals surface area contributed by atoms with Crippen LogP contribution in [0.3, 0.4) is 0 Å². The van der Waals surface area contributed by atoms with Crippen molar-refractivity contribution in [2.24, 2.45) is 0 Å². The van der Waals surface area contributed by atoms with E-state index in [4.69, 9.17) is 9.47 Å². The van der Waals surface area contributed by atoms with E-state index < -0.39 is 0 Å². The lowest BCUT2D eigenvalue weighted by Gasteiger charge is -2.32. The molecule has 1 fully saturated rings. The molecule has 3 rings (SSSR count). The monoisotopic (exact) mass is 473 g/mol. The molecule has 142 valence electrons. The van der Waals surface area contributed by atoms with E-state index in [2.05, 4.69) is 43.9 Å². The number of amides is 1. The summed E-state index contributed by atoms with van der Waals surface area (Å²) in [6.07, 6.45) is 1.86. The van der Waals surface area contributed by atoms with Crippen molar-refractivity contribution in [3.8, 4) is 5.75 Å². The van der Waals surface area contributed by atoms with Crippen LogP contribution in [0.4, 0.5) is 5.69 Å². The quantitative estimate of drug-likeness (QED) is 0.473. The Morgan fingerprint density at radius 3 is 2.85 bits per heavy atom. The predicted octanol–water partition coefficient (Wildman–Crippen LogP) is 0.878. The summed E-state index contributed by atoms with van der Waals surface area (Å²) in [5, 5.41) is 13.2. The molecule has 1 saturated heterocycles. The Morgan fingerprint density at radius 1 is 1.38 bits per heavy atom. The summed E-state index contributed by atoms with van der Waals surface area (Å²) in [5.41, 5.74) is 1.41. The van der Waals surface area contributed by atoms with Gasteiger partial charge in [-0.1, -0.05) is 0 Å². The molecule has 2 heterocycles. The SMILES string of the molecule is CNC1NC(Nc2ccc(C(=O)N3CCOCC3)cc2OC)NC=C1I. The third-order valence-electron chi connectivity index (χ3n) is 4.33. The third kappa shape index (κ3) is 4.40. The van der Waals surface area contributed by atoms with Gasteiger partial charge in [-0.15, -0.1) is 0 Å². The van der Waals surface area contributed by atoms with Gasteiger partial charge in [-0.3, -0.25) is 10.1 Å². The fraction of sp³-hybridized carbons (Fsp3) is 0.471. The highest BCUT2D eigenvalue weighted by molar-refractivity contribution is 14.1. The molecule has 0 aromatic heterocycles. The number of anilines is 1. The van der Waals surface area contributed by atoms with Crippen molar-refractivity contribution >= 4 is 34.2 Å². The normalized spacial score (nSPS) is 23.0. The van der Waals surface area contributed by atoms with Crippen LogP contribution in [-0.2, 0) is 4.74 Å². The molecule has 1 aromatic rings. The number of benzene rings is 1. The second kappa shape index (κ2) is 8.89. The molecule has 2 aliphatic heterocycles. The number of ether oxygens (including phenoxy) is 2. The van der Waals surface area contributed by atoms with Crippen LogP contribution < -0.4 is 26.0 Å². The Hall–Kier alpha value is -1.56. The van der Waals surface area contributed by atoms with Crippen LogP contribution >= 0.6 is 22.6 Å². The molecular formula is C17H24IN5O3. The number of hydrogen-bond acceptors (Lipinski definition) is 7. The van der Waals surface area contributed by atoms with Gasteiger partial charge >= 0.3 is 0 Å². The summed E-state index contributed by atoms with van der Waals surface area (Å²) in [5.74, 6) is 0.623. The average Bonchev–Trinajstić information content (AvgIpc) is 2.69. The number of hydrogen-bond donors (Lipinski definition) is 4. The molecule has 9 heteroatoms. The van der Waals surface area contributed by atoms with Gasteiger partial charge in [0.2, 0.25) is 0 Å². The average molecular weight is 473 g/mol. The van der Waals surface area contributed by atoms with E-state index in [0.29, 0.717) is 37.6 Å². The molecular weight excluding hydrogens is 449 g/mol. The molecule has 0 spiro atoms. The van der Waals surface area contributed by atoms with Crippen molar-refractivity contribution < 1.29 is 14.3 Å². The highest BCUT2D eigenvalue weighted by Gasteiger charge is 2.22. The van der Waals surface area contributed by atoms with Crippen LogP contribution in [-0.4, -0.2) is 63.7 Å². The van der Waals surface area contributed by atoms with Gasteiger partial charge in [0.05, 0.1) is 32.2 Å². The Kier molecular flexibility index (Phi) is 6.57. The lowest BCUT2D eigenvalue weighted by atomic mass is 10.1. The third-order valence-corrected chi connectivity index (χ3v) is 5.27.